The molecule has 0 aromatic carbocycles. The molecule has 0 aliphatic carbocycles. The van der Waals surface area contributed by atoms with Gasteiger partial charge in [0, 0.05) is 0 Å². The van der Waals surface area contributed by atoms with E-state index in [4.69, 9.17) is 0 Å². The van der Waals surface area contributed by atoms with Crippen LogP contribution in [0.5, 0.6) is 0 Å². The fourth-order valence-electron chi connectivity index (χ4n) is 0. The van der Waals surface area contributed by atoms with Crippen LogP contribution in [0.2, 0.25) is 0 Å². The zero-order valence-electron chi connectivity index (χ0n) is 9.66. The molecule has 0 amide bonds. The fraction of sp³-hybridized carbons (Fsp3) is 0.600. The zero-order valence-corrected chi connectivity index (χ0v) is 12.5. The summed E-state index contributed by atoms with van der Waals surface area (Å²) in [5.41, 5.74) is 0. The summed E-state index contributed by atoms with van der Waals surface area (Å²) in [6, 6.07) is 0. The van der Waals surface area contributed by atoms with E-state index in [2.05, 4.69) is 27.7 Å². The van der Waals surface area contributed by atoms with E-state index < -0.39 is 0 Å². The van der Waals surface area contributed by atoms with Crippen LogP contribution in [0.3, 0.4) is 0 Å². The third-order valence-corrected chi connectivity index (χ3v) is 0. The maximum atomic E-state index is 3.49. The van der Waals surface area contributed by atoms with Crippen LogP contribution in [0.25, 0.3) is 0 Å². The Morgan fingerprint density at radius 1 is 0.667 bits per heavy atom. The first-order chi connectivity index (χ1) is 4.83. The van der Waals surface area contributed by atoms with Gasteiger partial charge in [-0.15, -0.1) is 0 Å². The Labute approximate surface area is 114 Å². The van der Waals surface area contributed by atoms with Crippen LogP contribution >= 0.6 is 0 Å². The van der Waals surface area contributed by atoms with Crippen LogP contribution in [0, 0.1) is 27.7 Å². The topological polar surface area (TPSA) is 0 Å². The molecule has 0 N–H and O–H groups in total. The molecule has 0 aliphatic heterocycles. The van der Waals surface area contributed by atoms with Crippen LogP contribution < -0.4 is 0 Å². The molecule has 0 fully saturated rings. The Morgan fingerprint density at radius 2 is 0.667 bits per heavy atom. The maximum absolute atomic E-state index is 3.49. The van der Waals surface area contributed by atoms with Crippen molar-refractivity contribution in [2.45, 2.75) is 40.5 Å². The molecule has 0 nitrogen and oxygen atoms in total. The minimum Gasteiger partial charge on any atom is -0.346 e. The first-order valence-corrected chi connectivity index (χ1v) is 3.83. The van der Waals surface area contributed by atoms with Crippen molar-refractivity contribution in [3.63, 3.8) is 0 Å². The summed E-state index contributed by atoms with van der Waals surface area (Å²) >= 11 is 0. The largest absolute Gasteiger partial charge is 2.00 e. The van der Waals surface area contributed by atoms with Gasteiger partial charge in [0.1, 0.15) is 0 Å². The molecule has 0 rings (SSSR count). The van der Waals surface area contributed by atoms with E-state index in [0.717, 1.165) is 12.8 Å². The number of hydrogen-bond acceptors (Lipinski definition) is 0. The molecule has 12 heavy (non-hydrogen) atoms. The van der Waals surface area contributed by atoms with Crippen LogP contribution in [0.4, 0.5) is 0 Å². The second kappa shape index (κ2) is 134. The molecule has 68 valence electrons. The van der Waals surface area contributed by atoms with E-state index in [1.165, 1.54) is 0 Å². The fourth-order valence-corrected chi connectivity index (χ4v) is 0. The molecular formula is C10H24Mg2. The van der Waals surface area contributed by atoms with Gasteiger partial charge in [0.25, 0.3) is 0 Å². The maximum Gasteiger partial charge on any atom is 2.00 e. The molecule has 0 aromatic rings. The van der Waals surface area contributed by atoms with Crippen molar-refractivity contribution < 1.29 is 0 Å². The van der Waals surface area contributed by atoms with Gasteiger partial charge in [0.15, 0.2) is 0 Å². The minimum absolute atomic E-state index is 0. The van der Waals surface area contributed by atoms with Crippen molar-refractivity contribution in [2.24, 2.45) is 0 Å². The molecule has 0 atom stereocenters. The Kier molecular flexibility index (Phi) is 417. The van der Waals surface area contributed by atoms with Gasteiger partial charge in [-0.1, -0.05) is 13.8 Å². The predicted molar refractivity (Wildman–Crippen MR) is 64.9 cm³/mol. The van der Waals surface area contributed by atoms with Crippen molar-refractivity contribution >= 4 is 46.1 Å². The summed E-state index contributed by atoms with van der Waals surface area (Å²) in [4.78, 5) is 0. The molecule has 2 heteroatoms. The van der Waals surface area contributed by atoms with Gasteiger partial charge in [-0.3, -0.25) is 0 Å². The van der Waals surface area contributed by atoms with Gasteiger partial charge < -0.3 is 27.7 Å². The van der Waals surface area contributed by atoms with Gasteiger partial charge in [0.05, 0.1) is 0 Å². The number of rotatable bonds is 0. The SMILES string of the molecule is [CH2-]C.[CH2-]C.[CH2-]CC.[CH2-]CC.[Mg+2].[Mg+2]. The van der Waals surface area contributed by atoms with Gasteiger partial charge in [-0.25, -0.2) is 0 Å². The van der Waals surface area contributed by atoms with E-state index in [1.807, 2.05) is 13.8 Å². The van der Waals surface area contributed by atoms with Crippen LogP contribution in [-0.2, 0) is 0 Å². The summed E-state index contributed by atoms with van der Waals surface area (Å²) in [6.07, 6.45) is 2.00. The third-order valence-electron chi connectivity index (χ3n) is 0. The first kappa shape index (κ1) is 37.5. The zero-order chi connectivity index (χ0) is 9.41. The van der Waals surface area contributed by atoms with Crippen LogP contribution in [0.1, 0.15) is 40.5 Å². The van der Waals surface area contributed by atoms with E-state index in [1.54, 1.807) is 13.8 Å². The summed E-state index contributed by atoms with van der Waals surface area (Å²) in [5, 5.41) is 0. The predicted octanol–water partition coefficient (Wildman–Crippen LogP) is 3.38. The molecular weight excluding hydrogens is 169 g/mol. The monoisotopic (exact) mass is 192 g/mol. The van der Waals surface area contributed by atoms with Crippen molar-refractivity contribution in [2.75, 3.05) is 0 Å². The van der Waals surface area contributed by atoms with E-state index in [0.29, 0.717) is 0 Å². The third kappa shape index (κ3) is 545. The Morgan fingerprint density at radius 3 is 0.667 bits per heavy atom. The molecule has 0 heterocycles. The van der Waals surface area contributed by atoms with E-state index in [-0.39, 0.29) is 46.1 Å². The van der Waals surface area contributed by atoms with Crippen molar-refractivity contribution in [3.05, 3.63) is 27.7 Å². The molecule has 0 radical (unpaired) electrons. The van der Waals surface area contributed by atoms with Crippen LogP contribution in [-0.4, -0.2) is 46.1 Å². The average molecular weight is 193 g/mol. The molecule has 0 unspecified atom stereocenters. The molecule has 0 saturated carbocycles. The molecule has 0 bridgehead atoms. The van der Waals surface area contributed by atoms with Crippen molar-refractivity contribution in [1.29, 1.82) is 0 Å². The summed E-state index contributed by atoms with van der Waals surface area (Å²) in [7, 11) is 0. The Hall–Kier alpha value is 1.53. The standard InChI is InChI=1S/2C3H7.2C2H5.2Mg/c2*1-3-2;2*1-2;;/h2*1,3H2,2H3;2*1H2,2H3;;/q4*-1;2*+2. The van der Waals surface area contributed by atoms with Crippen molar-refractivity contribution in [3.8, 4) is 0 Å². The molecule has 0 spiro atoms. The van der Waals surface area contributed by atoms with Gasteiger partial charge in [0.2, 0.25) is 0 Å². The second-order valence-corrected chi connectivity index (χ2v) is 1.000. The van der Waals surface area contributed by atoms with E-state index in [9.17, 15) is 0 Å². The van der Waals surface area contributed by atoms with E-state index >= 15 is 0 Å². The second-order valence-electron chi connectivity index (χ2n) is 1.000. The average Bonchev–Trinajstić information content (AvgIpc) is 1.99. The molecule has 0 aromatic heterocycles. The summed E-state index contributed by atoms with van der Waals surface area (Å²) in [6.45, 7) is 21.0. The summed E-state index contributed by atoms with van der Waals surface area (Å²) in [5.74, 6) is 0. The van der Waals surface area contributed by atoms with Gasteiger partial charge in [-0.05, 0) is 0 Å². The van der Waals surface area contributed by atoms with Gasteiger partial charge in [-0.2, -0.15) is 26.7 Å². The van der Waals surface area contributed by atoms with Crippen LogP contribution in [0.15, 0.2) is 0 Å². The number of hydrogen-bond donors (Lipinski definition) is 0. The summed E-state index contributed by atoms with van der Waals surface area (Å²) < 4.78 is 0. The normalized spacial score (nSPS) is 4.00. The molecule has 0 saturated heterocycles. The quantitative estimate of drug-likeness (QED) is 0.408. The minimum atomic E-state index is 0. The Balaban J connectivity index is -0.00000000967. The van der Waals surface area contributed by atoms with Crippen molar-refractivity contribution in [1.82, 2.24) is 0 Å². The Bertz CT molecular complexity index is 9.80. The smallest absolute Gasteiger partial charge is 0.346 e. The molecule has 0 aliphatic rings. The first-order valence-electron chi connectivity index (χ1n) is 3.83. The van der Waals surface area contributed by atoms with Gasteiger partial charge >= 0.3 is 46.1 Å².